The standard InChI is InChI=1S/C17H11Cl2NOS/c18-12-5-1-10(2-6-12)14-9-22-17(20)15(14)16(21)11-3-7-13(19)8-4-11/h1-9H,20H2. The van der Waals surface area contributed by atoms with Crippen molar-refractivity contribution >= 4 is 45.3 Å². The summed E-state index contributed by atoms with van der Waals surface area (Å²) >= 11 is 13.1. The molecule has 0 aliphatic rings. The molecule has 2 aromatic carbocycles. The first kappa shape index (κ1) is 15.1. The number of carbonyl (C=O) groups excluding carboxylic acids is 1. The molecule has 1 aromatic heterocycles. The normalized spacial score (nSPS) is 10.6. The first-order chi connectivity index (χ1) is 10.6. The zero-order valence-electron chi connectivity index (χ0n) is 11.3. The Morgan fingerprint density at radius 1 is 0.909 bits per heavy atom. The quantitative estimate of drug-likeness (QED) is 0.632. The summed E-state index contributed by atoms with van der Waals surface area (Å²) in [4.78, 5) is 12.8. The Balaban J connectivity index is 2.07. The Bertz CT molecular complexity index is 823. The van der Waals surface area contributed by atoms with E-state index in [4.69, 9.17) is 28.9 Å². The van der Waals surface area contributed by atoms with Gasteiger partial charge in [-0.3, -0.25) is 4.79 Å². The van der Waals surface area contributed by atoms with E-state index >= 15 is 0 Å². The molecule has 0 spiro atoms. The summed E-state index contributed by atoms with van der Waals surface area (Å²) in [6, 6.07) is 14.1. The molecule has 0 aliphatic heterocycles. The van der Waals surface area contributed by atoms with Gasteiger partial charge in [0.05, 0.1) is 10.6 Å². The number of halogens is 2. The lowest BCUT2D eigenvalue weighted by molar-refractivity contribution is 0.104. The van der Waals surface area contributed by atoms with Gasteiger partial charge in [0.1, 0.15) is 0 Å². The predicted octanol–water partition coefficient (Wildman–Crippen LogP) is 5.54. The Morgan fingerprint density at radius 3 is 2.05 bits per heavy atom. The third kappa shape index (κ3) is 2.88. The maximum absolute atomic E-state index is 12.8. The summed E-state index contributed by atoms with van der Waals surface area (Å²) in [6.07, 6.45) is 0. The van der Waals surface area contributed by atoms with E-state index in [1.54, 1.807) is 36.4 Å². The summed E-state index contributed by atoms with van der Waals surface area (Å²) in [5.74, 6) is -0.111. The number of thiophene rings is 1. The number of rotatable bonds is 3. The third-order valence-corrected chi connectivity index (χ3v) is 4.62. The van der Waals surface area contributed by atoms with E-state index in [1.165, 1.54) is 11.3 Å². The molecular weight excluding hydrogens is 337 g/mol. The van der Waals surface area contributed by atoms with E-state index in [0.29, 0.717) is 26.2 Å². The van der Waals surface area contributed by atoms with Crippen LogP contribution in [0.15, 0.2) is 53.9 Å². The minimum atomic E-state index is -0.111. The van der Waals surface area contributed by atoms with E-state index in [1.807, 2.05) is 17.5 Å². The maximum Gasteiger partial charge on any atom is 0.196 e. The molecule has 3 aromatic rings. The van der Waals surface area contributed by atoms with Gasteiger partial charge in [0.2, 0.25) is 0 Å². The SMILES string of the molecule is Nc1scc(-c2ccc(Cl)cc2)c1C(=O)c1ccc(Cl)cc1. The van der Waals surface area contributed by atoms with Gasteiger partial charge in [0, 0.05) is 26.6 Å². The summed E-state index contributed by atoms with van der Waals surface area (Å²) in [5.41, 5.74) is 8.84. The van der Waals surface area contributed by atoms with Gasteiger partial charge in [-0.25, -0.2) is 0 Å². The molecule has 2 nitrogen and oxygen atoms in total. The second kappa shape index (κ2) is 6.13. The number of hydrogen-bond donors (Lipinski definition) is 1. The average Bonchev–Trinajstić information content (AvgIpc) is 2.90. The van der Waals surface area contributed by atoms with Gasteiger partial charge in [-0.2, -0.15) is 0 Å². The minimum absolute atomic E-state index is 0.111. The van der Waals surface area contributed by atoms with Crippen molar-refractivity contribution in [3.63, 3.8) is 0 Å². The van der Waals surface area contributed by atoms with Crippen LogP contribution < -0.4 is 5.73 Å². The van der Waals surface area contributed by atoms with Gasteiger partial charge < -0.3 is 5.73 Å². The Labute approximate surface area is 142 Å². The zero-order valence-corrected chi connectivity index (χ0v) is 13.7. The van der Waals surface area contributed by atoms with E-state index in [0.717, 1.165) is 11.1 Å². The van der Waals surface area contributed by atoms with Gasteiger partial charge >= 0.3 is 0 Å². The number of nitrogen functional groups attached to an aromatic ring is 1. The molecule has 0 saturated heterocycles. The first-order valence-electron chi connectivity index (χ1n) is 6.49. The molecule has 0 radical (unpaired) electrons. The van der Waals surface area contributed by atoms with E-state index in [9.17, 15) is 4.79 Å². The highest BCUT2D eigenvalue weighted by Gasteiger charge is 2.20. The van der Waals surface area contributed by atoms with Crippen LogP contribution in [0.25, 0.3) is 11.1 Å². The highest BCUT2D eigenvalue weighted by Crippen LogP contribution is 2.35. The van der Waals surface area contributed by atoms with Crippen molar-refractivity contribution in [3.8, 4) is 11.1 Å². The third-order valence-electron chi connectivity index (χ3n) is 3.31. The molecule has 3 rings (SSSR count). The van der Waals surface area contributed by atoms with Crippen LogP contribution in [0.3, 0.4) is 0 Å². The van der Waals surface area contributed by atoms with Crippen LogP contribution in [0.4, 0.5) is 5.00 Å². The molecule has 0 aliphatic carbocycles. The fourth-order valence-corrected chi connectivity index (χ4v) is 3.27. The van der Waals surface area contributed by atoms with Crippen LogP contribution >= 0.6 is 34.5 Å². The molecule has 0 unspecified atom stereocenters. The zero-order chi connectivity index (χ0) is 15.7. The van der Waals surface area contributed by atoms with E-state index in [2.05, 4.69) is 0 Å². The van der Waals surface area contributed by atoms with Crippen LogP contribution in [0, 0.1) is 0 Å². The highest BCUT2D eigenvalue weighted by molar-refractivity contribution is 7.15. The fourth-order valence-electron chi connectivity index (χ4n) is 2.19. The molecule has 0 saturated carbocycles. The number of nitrogens with two attached hydrogens (primary N) is 1. The van der Waals surface area contributed by atoms with E-state index < -0.39 is 0 Å². The number of hydrogen-bond acceptors (Lipinski definition) is 3. The molecule has 0 fully saturated rings. The summed E-state index contributed by atoms with van der Waals surface area (Å²) in [6.45, 7) is 0. The van der Waals surface area contributed by atoms with E-state index in [-0.39, 0.29) is 5.78 Å². The molecule has 110 valence electrons. The molecule has 0 atom stereocenters. The Morgan fingerprint density at radius 2 is 1.45 bits per heavy atom. The summed E-state index contributed by atoms with van der Waals surface area (Å²) in [5, 5.41) is 3.64. The number of anilines is 1. The summed E-state index contributed by atoms with van der Waals surface area (Å²) < 4.78 is 0. The second-order valence-electron chi connectivity index (χ2n) is 4.73. The van der Waals surface area contributed by atoms with Crippen molar-refractivity contribution < 1.29 is 4.79 Å². The molecule has 1 heterocycles. The van der Waals surface area contributed by atoms with Crippen molar-refractivity contribution in [2.75, 3.05) is 5.73 Å². The van der Waals surface area contributed by atoms with Crippen molar-refractivity contribution in [1.82, 2.24) is 0 Å². The molecular formula is C17H11Cl2NOS. The fraction of sp³-hybridized carbons (Fsp3) is 0. The van der Waals surface area contributed by atoms with Crippen LogP contribution in [-0.4, -0.2) is 5.78 Å². The Kier molecular flexibility index (Phi) is 4.21. The number of ketones is 1. The summed E-state index contributed by atoms with van der Waals surface area (Å²) in [7, 11) is 0. The van der Waals surface area contributed by atoms with Crippen molar-refractivity contribution in [2.45, 2.75) is 0 Å². The van der Waals surface area contributed by atoms with Gasteiger partial charge in [0.25, 0.3) is 0 Å². The Hall–Kier alpha value is -1.81. The lowest BCUT2D eigenvalue weighted by Crippen LogP contribution is -2.04. The lowest BCUT2D eigenvalue weighted by atomic mass is 9.97. The van der Waals surface area contributed by atoms with Crippen LogP contribution in [0.2, 0.25) is 10.0 Å². The lowest BCUT2D eigenvalue weighted by Gasteiger charge is -2.06. The van der Waals surface area contributed by atoms with Crippen LogP contribution in [0.1, 0.15) is 15.9 Å². The monoisotopic (exact) mass is 347 g/mol. The number of benzene rings is 2. The van der Waals surface area contributed by atoms with Gasteiger partial charge in [-0.15, -0.1) is 11.3 Å². The van der Waals surface area contributed by atoms with Gasteiger partial charge in [-0.05, 0) is 42.0 Å². The van der Waals surface area contributed by atoms with Crippen molar-refractivity contribution in [3.05, 3.63) is 75.1 Å². The molecule has 22 heavy (non-hydrogen) atoms. The highest BCUT2D eigenvalue weighted by atomic mass is 35.5. The second-order valence-corrected chi connectivity index (χ2v) is 6.52. The van der Waals surface area contributed by atoms with Gasteiger partial charge in [-0.1, -0.05) is 35.3 Å². The predicted molar refractivity (Wildman–Crippen MR) is 94.1 cm³/mol. The molecule has 5 heteroatoms. The first-order valence-corrected chi connectivity index (χ1v) is 8.13. The molecule has 0 bridgehead atoms. The average molecular weight is 348 g/mol. The largest absolute Gasteiger partial charge is 0.390 e. The maximum atomic E-state index is 12.8. The smallest absolute Gasteiger partial charge is 0.196 e. The molecule has 2 N–H and O–H groups in total. The molecule has 0 amide bonds. The van der Waals surface area contributed by atoms with Gasteiger partial charge in [0.15, 0.2) is 5.78 Å². The van der Waals surface area contributed by atoms with Crippen LogP contribution in [-0.2, 0) is 0 Å². The van der Waals surface area contributed by atoms with Crippen molar-refractivity contribution in [1.29, 1.82) is 0 Å². The number of carbonyl (C=O) groups is 1. The van der Waals surface area contributed by atoms with Crippen LogP contribution in [0.5, 0.6) is 0 Å². The topological polar surface area (TPSA) is 43.1 Å². The van der Waals surface area contributed by atoms with Crippen molar-refractivity contribution in [2.24, 2.45) is 0 Å². The minimum Gasteiger partial charge on any atom is -0.390 e.